The normalized spacial score (nSPS) is 22.2. The van der Waals surface area contributed by atoms with Gasteiger partial charge in [0.2, 0.25) is 0 Å². The fourth-order valence-corrected chi connectivity index (χ4v) is 4.07. The predicted octanol–water partition coefficient (Wildman–Crippen LogP) is 0.783. The lowest BCUT2D eigenvalue weighted by molar-refractivity contribution is 0.590. The average Bonchev–Trinajstić information content (AvgIpc) is 2.78. The van der Waals surface area contributed by atoms with Crippen LogP contribution in [0.25, 0.3) is 0 Å². The van der Waals surface area contributed by atoms with Crippen molar-refractivity contribution in [2.24, 2.45) is 0 Å². The molecule has 0 aliphatic carbocycles. The average molecular weight is 272 g/mol. The standard InChI is InChI=1S/C11H20N4O2S/c1-3-15-11(10(12)8(2)14-15)13-7-9-5-4-6-18(9,16)17/h9,13H,3-7,12H2,1-2H3. The van der Waals surface area contributed by atoms with Crippen LogP contribution in [-0.4, -0.2) is 35.7 Å². The molecule has 1 unspecified atom stereocenters. The molecule has 0 saturated carbocycles. The van der Waals surface area contributed by atoms with Crippen LogP contribution in [0.15, 0.2) is 0 Å². The zero-order valence-electron chi connectivity index (χ0n) is 10.8. The quantitative estimate of drug-likeness (QED) is 0.845. The van der Waals surface area contributed by atoms with Crippen LogP contribution in [-0.2, 0) is 16.4 Å². The molecule has 1 atom stereocenters. The Bertz CT molecular complexity index is 535. The van der Waals surface area contributed by atoms with E-state index in [4.69, 9.17) is 5.73 Å². The second-order valence-electron chi connectivity index (χ2n) is 4.68. The molecular weight excluding hydrogens is 252 g/mol. The molecule has 0 spiro atoms. The van der Waals surface area contributed by atoms with Gasteiger partial charge < -0.3 is 11.1 Å². The molecule has 1 aromatic heterocycles. The van der Waals surface area contributed by atoms with Crippen molar-refractivity contribution in [1.82, 2.24) is 9.78 Å². The summed E-state index contributed by atoms with van der Waals surface area (Å²) in [7, 11) is -2.92. The second-order valence-corrected chi connectivity index (χ2v) is 7.08. The van der Waals surface area contributed by atoms with Crippen molar-refractivity contribution in [2.75, 3.05) is 23.3 Å². The number of rotatable bonds is 4. The Morgan fingerprint density at radius 3 is 2.83 bits per heavy atom. The Balaban J connectivity index is 2.11. The van der Waals surface area contributed by atoms with Gasteiger partial charge >= 0.3 is 0 Å². The molecule has 2 rings (SSSR count). The molecule has 102 valence electrons. The van der Waals surface area contributed by atoms with Crippen LogP contribution < -0.4 is 11.1 Å². The maximum absolute atomic E-state index is 11.7. The van der Waals surface area contributed by atoms with Gasteiger partial charge in [-0.2, -0.15) is 5.10 Å². The summed E-state index contributed by atoms with van der Waals surface area (Å²) in [5.41, 5.74) is 7.31. The van der Waals surface area contributed by atoms with Crippen LogP contribution in [0, 0.1) is 6.92 Å². The number of aryl methyl sites for hydroxylation is 2. The molecule has 7 heteroatoms. The van der Waals surface area contributed by atoms with E-state index in [-0.39, 0.29) is 5.25 Å². The van der Waals surface area contributed by atoms with Crippen molar-refractivity contribution in [1.29, 1.82) is 0 Å². The largest absolute Gasteiger partial charge is 0.394 e. The molecule has 18 heavy (non-hydrogen) atoms. The third kappa shape index (κ3) is 2.31. The Morgan fingerprint density at radius 2 is 2.28 bits per heavy atom. The first-order chi connectivity index (χ1) is 8.45. The fourth-order valence-electron chi connectivity index (χ4n) is 2.31. The maximum Gasteiger partial charge on any atom is 0.154 e. The number of aromatic nitrogens is 2. The van der Waals surface area contributed by atoms with E-state index in [0.717, 1.165) is 24.4 Å². The Hall–Kier alpha value is -1.24. The number of nitrogen functional groups attached to an aromatic ring is 1. The summed E-state index contributed by atoms with van der Waals surface area (Å²) in [6, 6.07) is 0. The molecular formula is C11H20N4O2S. The Labute approximate surface area is 107 Å². The first kappa shape index (κ1) is 13.2. The number of nitrogens with one attached hydrogen (secondary N) is 1. The van der Waals surface area contributed by atoms with Crippen LogP contribution in [0.2, 0.25) is 0 Å². The summed E-state index contributed by atoms with van der Waals surface area (Å²) >= 11 is 0. The van der Waals surface area contributed by atoms with Crippen LogP contribution in [0.1, 0.15) is 25.5 Å². The van der Waals surface area contributed by atoms with Crippen molar-refractivity contribution in [2.45, 2.75) is 38.5 Å². The van der Waals surface area contributed by atoms with Gasteiger partial charge in [0.1, 0.15) is 5.82 Å². The van der Waals surface area contributed by atoms with E-state index < -0.39 is 9.84 Å². The van der Waals surface area contributed by atoms with E-state index in [2.05, 4.69) is 10.4 Å². The highest BCUT2D eigenvalue weighted by Crippen LogP contribution is 2.24. The van der Waals surface area contributed by atoms with Gasteiger partial charge in [-0.05, 0) is 26.7 Å². The minimum atomic E-state index is -2.92. The van der Waals surface area contributed by atoms with E-state index in [1.54, 1.807) is 4.68 Å². The van der Waals surface area contributed by atoms with Gasteiger partial charge in [-0.3, -0.25) is 0 Å². The summed E-state index contributed by atoms with van der Waals surface area (Å²) in [4.78, 5) is 0. The lowest BCUT2D eigenvalue weighted by Gasteiger charge is -2.13. The molecule has 6 nitrogen and oxygen atoms in total. The topological polar surface area (TPSA) is 90.0 Å². The Kier molecular flexibility index (Phi) is 3.52. The van der Waals surface area contributed by atoms with Gasteiger partial charge in [-0.15, -0.1) is 0 Å². The molecule has 0 aromatic carbocycles. The van der Waals surface area contributed by atoms with Crippen molar-refractivity contribution in [3.63, 3.8) is 0 Å². The number of anilines is 2. The van der Waals surface area contributed by atoms with Crippen LogP contribution >= 0.6 is 0 Å². The number of nitrogens with zero attached hydrogens (tertiary/aromatic N) is 2. The molecule has 1 aliphatic rings. The molecule has 1 fully saturated rings. The smallest absolute Gasteiger partial charge is 0.154 e. The molecule has 1 aromatic rings. The van der Waals surface area contributed by atoms with E-state index in [1.807, 2.05) is 13.8 Å². The molecule has 0 radical (unpaired) electrons. The highest BCUT2D eigenvalue weighted by Gasteiger charge is 2.31. The van der Waals surface area contributed by atoms with Gasteiger partial charge in [0.25, 0.3) is 0 Å². The number of hydrogen-bond acceptors (Lipinski definition) is 5. The van der Waals surface area contributed by atoms with Gasteiger partial charge in [0.15, 0.2) is 9.84 Å². The maximum atomic E-state index is 11.7. The van der Waals surface area contributed by atoms with Gasteiger partial charge in [0.05, 0.1) is 22.4 Å². The molecule has 0 amide bonds. The lowest BCUT2D eigenvalue weighted by atomic mass is 10.2. The van der Waals surface area contributed by atoms with Crippen LogP contribution in [0.5, 0.6) is 0 Å². The van der Waals surface area contributed by atoms with E-state index >= 15 is 0 Å². The van der Waals surface area contributed by atoms with Gasteiger partial charge in [0, 0.05) is 13.1 Å². The van der Waals surface area contributed by atoms with Crippen molar-refractivity contribution in [3.8, 4) is 0 Å². The summed E-state index contributed by atoms with van der Waals surface area (Å²) in [5.74, 6) is 1.04. The molecule has 3 N–H and O–H groups in total. The first-order valence-electron chi connectivity index (χ1n) is 6.24. The molecule has 1 aliphatic heterocycles. The third-order valence-electron chi connectivity index (χ3n) is 3.43. The monoisotopic (exact) mass is 272 g/mol. The first-order valence-corrected chi connectivity index (χ1v) is 7.95. The van der Waals surface area contributed by atoms with Crippen molar-refractivity contribution >= 4 is 21.3 Å². The van der Waals surface area contributed by atoms with E-state index in [9.17, 15) is 8.42 Å². The second kappa shape index (κ2) is 4.79. The van der Waals surface area contributed by atoms with E-state index in [1.165, 1.54) is 0 Å². The van der Waals surface area contributed by atoms with Gasteiger partial charge in [-0.25, -0.2) is 13.1 Å². The summed E-state index contributed by atoms with van der Waals surface area (Å²) in [6.45, 7) is 4.94. The fraction of sp³-hybridized carbons (Fsp3) is 0.727. The number of nitrogens with two attached hydrogens (primary N) is 1. The number of hydrogen-bond donors (Lipinski definition) is 2. The summed E-state index contributed by atoms with van der Waals surface area (Å²) in [6.07, 6.45) is 1.49. The van der Waals surface area contributed by atoms with Crippen LogP contribution in [0.3, 0.4) is 0 Å². The molecule has 1 saturated heterocycles. The predicted molar refractivity (Wildman–Crippen MR) is 72.3 cm³/mol. The molecule has 2 heterocycles. The summed E-state index contributed by atoms with van der Waals surface area (Å²) < 4.78 is 25.2. The molecule has 0 bridgehead atoms. The third-order valence-corrected chi connectivity index (χ3v) is 5.71. The summed E-state index contributed by atoms with van der Waals surface area (Å²) in [5, 5.41) is 7.14. The van der Waals surface area contributed by atoms with Crippen molar-refractivity contribution in [3.05, 3.63) is 5.69 Å². The highest BCUT2D eigenvalue weighted by atomic mass is 32.2. The minimum absolute atomic E-state index is 0.294. The zero-order valence-corrected chi connectivity index (χ0v) is 11.6. The SMILES string of the molecule is CCn1nc(C)c(N)c1NCC1CCCS1(=O)=O. The highest BCUT2D eigenvalue weighted by molar-refractivity contribution is 7.92. The minimum Gasteiger partial charge on any atom is -0.394 e. The van der Waals surface area contributed by atoms with Crippen LogP contribution in [0.4, 0.5) is 11.5 Å². The lowest BCUT2D eigenvalue weighted by Crippen LogP contribution is -2.26. The number of sulfone groups is 1. The van der Waals surface area contributed by atoms with Crippen molar-refractivity contribution < 1.29 is 8.42 Å². The Morgan fingerprint density at radius 1 is 1.56 bits per heavy atom. The van der Waals surface area contributed by atoms with E-state index in [0.29, 0.717) is 24.5 Å². The zero-order chi connectivity index (χ0) is 13.3. The van der Waals surface area contributed by atoms with Gasteiger partial charge in [-0.1, -0.05) is 0 Å².